The summed E-state index contributed by atoms with van der Waals surface area (Å²) in [6.07, 6.45) is 8.02. The van der Waals surface area contributed by atoms with Gasteiger partial charge in [0, 0.05) is 18.1 Å². The van der Waals surface area contributed by atoms with Crippen molar-refractivity contribution in [1.29, 1.82) is 0 Å². The van der Waals surface area contributed by atoms with Gasteiger partial charge >= 0.3 is 0 Å². The van der Waals surface area contributed by atoms with Gasteiger partial charge in [-0.3, -0.25) is 4.90 Å². The SMILES string of the molecule is CCCC(NC)C(CC)N(CCC)C1CC1. The molecule has 2 atom stereocenters. The Morgan fingerprint density at radius 1 is 1.19 bits per heavy atom. The monoisotopic (exact) mass is 226 g/mol. The van der Waals surface area contributed by atoms with Crippen molar-refractivity contribution >= 4 is 0 Å². The molecule has 0 radical (unpaired) electrons. The van der Waals surface area contributed by atoms with Gasteiger partial charge in [-0.1, -0.05) is 27.2 Å². The molecule has 2 nitrogen and oxygen atoms in total. The molecule has 2 heteroatoms. The molecule has 0 spiro atoms. The fraction of sp³-hybridized carbons (Fsp3) is 1.00. The van der Waals surface area contributed by atoms with Crippen LogP contribution in [0.25, 0.3) is 0 Å². The molecule has 16 heavy (non-hydrogen) atoms. The third-order valence-electron chi connectivity index (χ3n) is 3.78. The molecule has 0 aliphatic heterocycles. The summed E-state index contributed by atoms with van der Waals surface area (Å²) in [5.74, 6) is 0. The Balaban J connectivity index is 2.59. The van der Waals surface area contributed by atoms with E-state index in [1.165, 1.54) is 45.1 Å². The van der Waals surface area contributed by atoms with Gasteiger partial charge in [-0.05, 0) is 45.7 Å². The fourth-order valence-electron chi connectivity index (χ4n) is 2.87. The molecule has 0 amide bonds. The third-order valence-corrected chi connectivity index (χ3v) is 3.78. The van der Waals surface area contributed by atoms with Gasteiger partial charge in [0.25, 0.3) is 0 Å². The molecule has 2 unspecified atom stereocenters. The average Bonchev–Trinajstić information content (AvgIpc) is 3.11. The molecule has 1 N–H and O–H groups in total. The minimum absolute atomic E-state index is 0.683. The quantitative estimate of drug-likeness (QED) is 0.650. The van der Waals surface area contributed by atoms with Gasteiger partial charge in [-0.15, -0.1) is 0 Å². The molecular weight excluding hydrogens is 196 g/mol. The summed E-state index contributed by atoms with van der Waals surface area (Å²) >= 11 is 0. The van der Waals surface area contributed by atoms with Crippen LogP contribution in [0.3, 0.4) is 0 Å². The highest BCUT2D eigenvalue weighted by Gasteiger charge is 2.35. The second kappa shape index (κ2) is 7.29. The third kappa shape index (κ3) is 3.74. The van der Waals surface area contributed by atoms with Gasteiger partial charge in [0.05, 0.1) is 0 Å². The summed E-state index contributed by atoms with van der Waals surface area (Å²) in [5.41, 5.74) is 0. The molecule has 1 aliphatic rings. The molecular formula is C14H30N2. The van der Waals surface area contributed by atoms with Crippen LogP contribution in [-0.4, -0.2) is 36.6 Å². The van der Waals surface area contributed by atoms with Crippen molar-refractivity contribution in [2.75, 3.05) is 13.6 Å². The number of hydrogen-bond donors (Lipinski definition) is 1. The summed E-state index contributed by atoms with van der Waals surface area (Å²) in [6.45, 7) is 8.22. The molecule has 0 aromatic carbocycles. The lowest BCUT2D eigenvalue weighted by molar-refractivity contribution is 0.141. The molecule has 96 valence electrons. The van der Waals surface area contributed by atoms with Crippen molar-refractivity contribution in [3.8, 4) is 0 Å². The standard InChI is InChI=1S/C14H30N2/c1-5-8-13(15-4)14(7-3)16(11-6-2)12-9-10-12/h12-15H,5-11H2,1-4H3. The maximum Gasteiger partial charge on any atom is 0.0249 e. The van der Waals surface area contributed by atoms with Crippen molar-refractivity contribution in [1.82, 2.24) is 10.2 Å². The summed E-state index contributed by atoms with van der Waals surface area (Å²) in [7, 11) is 2.13. The van der Waals surface area contributed by atoms with Crippen molar-refractivity contribution in [3.63, 3.8) is 0 Å². The minimum Gasteiger partial charge on any atom is -0.315 e. The van der Waals surface area contributed by atoms with E-state index in [2.05, 4.69) is 38.0 Å². The highest BCUT2D eigenvalue weighted by Crippen LogP contribution is 2.31. The lowest BCUT2D eigenvalue weighted by Gasteiger charge is -2.36. The molecule has 0 bridgehead atoms. The van der Waals surface area contributed by atoms with Crippen molar-refractivity contribution < 1.29 is 0 Å². The van der Waals surface area contributed by atoms with Crippen molar-refractivity contribution in [2.24, 2.45) is 0 Å². The summed E-state index contributed by atoms with van der Waals surface area (Å²) in [4.78, 5) is 2.77. The Labute approximate surface area is 102 Å². The van der Waals surface area contributed by atoms with Gasteiger partial charge < -0.3 is 5.32 Å². The summed E-state index contributed by atoms with van der Waals surface area (Å²) in [5, 5.41) is 3.53. The Morgan fingerprint density at radius 3 is 2.25 bits per heavy atom. The Bertz CT molecular complexity index is 178. The lowest BCUT2D eigenvalue weighted by Crippen LogP contribution is -2.50. The summed E-state index contributed by atoms with van der Waals surface area (Å²) in [6, 6.07) is 2.33. The summed E-state index contributed by atoms with van der Waals surface area (Å²) < 4.78 is 0. The van der Waals surface area contributed by atoms with Crippen LogP contribution in [0.15, 0.2) is 0 Å². The van der Waals surface area contributed by atoms with Crippen LogP contribution in [0, 0.1) is 0 Å². The molecule has 1 rings (SSSR count). The zero-order valence-corrected chi connectivity index (χ0v) is 11.6. The number of hydrogen-bond acceptors (Lipinski definition) is 2. The van der Waals surface area contributed by atoms with Crippen molar-refractivity contribution in [3.05, 3.63) is 0 Å². The maximum atomic E-state index is 3.53. The van der Waals surface area contributed by atoms with Crippen LogP contribution in [-0.2, 0) is 0 Å². The van der Waals surface area contributed by atoms with E-state index in [0.717, 1.165) is 12.1 Å². The molecule has 1 saturated carbocycles. The zero-order valence-electron chi connectivity index (χ0n) is 11.6. The first-order valence-electron chi connectivity index (χ1n) is 7.21. The van der Waals surface area contributed by atoms with E-state index in [4.69, 9.17) is 0 Å². The topological polar surface area (TPSA) is 15.3 Å². The largest absolute Gasteiger partial charge is 0.315 e. The molecule has 1 aliphatic carbocycles. The molecule has 0 aromatic rings. The number of likely N-dealkylation sites (N-methyl/N-ethyl adjacent to an activating group) is 1. The maximum absolute atomic E-state index is 3.53. The molecule has 0 heterocycles. The smallest absolute Gasteiger partial charge is 0.0249 e. The zero-order chi connectivity index (χ0) is 12.0. The van der Waals surface area contributed by atoms with E-state index in [9.17, 15) is 0 Å². The van der Waals surface area contributed by atoms with E-state index in [1.54, 1.807) is 0 Å². The van der Waals surface area contributed by atoms with Gasteiger partial charge in [-0.25, -0.2) is 0 Å². The molecule has 0 aromatic heterocycles. The lowest BCUT2D eigenvalue weighted by atomic mass is 9.99. The first kappa shape index (κ1) is 14.0. The average molecular weight is 226 g/mol. The number of rotatable bonds is 9. The first-order valence-corrected chi connectivity index (χ1v) is 7.21. The number of nitrogens with one attached hydrogen (secondary N) is 1. The van der Waals surface area contributed by atoms with E-state index < -0.39 is 0 Å². The highest BCUT2D eigenvalue weighted by atomic mass is 15.2. The Kier molecular flexibility index (Phi) is 6.37. The minimum atomic E-state index is 0.683. The van der Waals surface area contributed by atoms with Gasteiger partial charge in [0.2, 0.25) is 0 Å². The van der Waals surface area contributed by atoms with Crippen LogP contribution in [0.2, 0.25) is 0 Å². The highest BCUT2D eigenvalue weighted by molar-refractivity contribution is 4.92. The van der Waals surface area contributed by atoms with Gasteiger partial charge in [0.1, 0.15) is 0 Å². The Hall–Kier alpha value is -0.0800. The number of nitrogens with zero attached hydrogens (tertiary/aromatic N) is 1. The van der Waals surface area contributed by atoms with Gasteiger partial charge in [-0.2, -0.15) is 0 Å². The van der Waals surface area contributed by atoms with E-state index >= 15 is 0 Å². The molecule has 1 fully saturated rings. The molecule has 0 saturated heterocycles. The fourth-order valence-corrected chi connectivity index (χ4v) is 2.87. The second-order valence-corrected chi connectivity index (χ2v) is 5.13. The second-order valence-electron chi connectivity index (χ2n) is 5.13. The Morgan fingerprint density at radius 2 is 1.88 bits per heavy atom. The van der Waals surface area contributed by atoms with Crippen LogP contribution in [0.1, 0.15) is 59.3 Å². The van der Waals surface area contributed by atoms with Gasteiger partial charge in [0.15, 0.2) is 0 Å². The van der Waals surface area contributed by atoms with Crippen LogP contribution in [0.4, 0.5) is 0 Å². The van der Waals surface area contributed by atoms with Crippen molar-refractivity contribution in [2.45, 2.75) is 77.4 Å². The predicted octanol–water partition coefficient (Wildman–Crippen LogP) is 3.03. The first-order chi connectivity index (χ1) is 7.78. The van der Waals surface area contributed by atoms with E-state index in [0.29, 0.717) is 6.04 Å². The normalized spacial score (nSPS) is 20.1. The van der Waals surface area contributed by atoms with E-state index in [1.807, 2.05) is 0 Å². The predicted molar refractivity (Wildman–Crippen MR) is 71.9 cm³/mol. The van der Waals surface area contributed by atoms with Crippen LogP contribution in [0.5, 0.6) is 0 Å². The van der Waals surface area contributed by atoms with E-state index in [-0.39, 0.29) is 0 Å². The van der Waals surface area contributed by atoms with Crippen LogP contribution < -0.4 is 5.32 Å². The van der Waals surface area contributed by atoms with Crippen LogP contribution >= 0.6 is 0 Å².